The average Bonchev–Trinajstić information content (AvgIpc) is 2.49. The Morgan fingerprint density at radius 2 is 2.14 bits per heavy atom. The molecule has 4 nitrogen and oxygen atoms in total. The van der Waals surface area contributed by atoms with E-state index in [4.69, 9.17) is 9.47 Å². The van der Waals surface area contributed by atoms with Crippen LogP contribution in [0.15, 0.2) is 29.2 Å². The number of carbonyl (C=O) groups is 1. The summed E-state index contributed by atoms with van der Waals surface area (Å²) in [6.45, 7) is 2.71. The van der Waals surface area contributed by atoms with Gasteiger partial charge in [-0.05, 0) is 31.9 Å². The summed E-state index contributed by atoms with van der Waals surface area (Å²) >= 11 is 1.24. The van der Waals surface area contributed by atoms with E-state index in [1.807, 2.05) is 31.2 Å². The highest BCUT2D eigenvalue weighted by molar-refractivity contribution is 8.13. The van der Waals surface area contributed by atoms with Crippen LogP contribution in [0, 0.1) is 6.92 Å². The third-order valence-electron chi connectivity index (χ3n) is 4.21. The third-order valence-corrected chi connectivity index (χ3v) is 5.11. The fourth-order valence-electron chi connectivity index (χ4n) is 3.08. The van der Waals surface area contributed by atoms with Gasteiger partial charge in [-0.15, -0.1) is 0 Å². The largest absolute Gasteiger partial charge is 0.390 e. The van der Waals surface area contributed by atoms with Crippen LogP contribution >= 0.6 is 11.8 Å². The van der Waals surface area contributed by atoms with Gasteiger partial charge in [0, 0.05) is 24.3 Å². The van der Waals surface area contributed by atoms with Crippen molar-refractivity contribution >= 4 is 16.9 Å². The van der Waals surface area contributed by atoms with Gasteiger partial charge in [0.1, 0.15) is 6.10 Å². The molecule has 0 saturated carbocycles. The van der Waals surface area contributed by atoms with E-state index in [2.05, 4.69) is 0 Å². The summed E-state index contributed by atoms with van der Waals surface area (Å²) in [5.74, 6) is 0. The summed E-state index contributed by atoms with van der Waals surface area (Å²) in [7, 11) is 0. The summed E-state index contributed by atoms with van der Waals surface area (Å²) in [4.78, 5) is 13.2. The number of hydrogen-bond donors (Lipinski definition) is 1. The van der Waals surface area contributed by atoms with E-state index in [0.29, 0.717) is 19.4 Å². The number of thioether (sulfide) groups is 1. The van der Waals surface area contributed by atoms with Crippen molar-refractivity contribution in [2.45, 2.75) is 61.9 Å². The average molecular weight is 322 g/mol. The molecule has 2 saturated heterocycles. The van der Waals surface area contributed by atoms with Crippen LogP contribution in [0.5, 0.6) is 0 Å². The molecule has 2 heterocycles. The predicted octanol–water partition coefficient (Wildman–Crippen LogP) is 2.70. The van der Waals surface area contributed by atoms with E-state index in [0.717, 1.165) is 17.7 Å². The monoisotopic (exact) mass is 322 g/mol. The number of aliphatic hydroxyl groups is 1. The molecule has 0 aromatic heterocycles. The summed E-state index contributed by atoms with van der Waals surface area (Å²) in [6.07, 6.45) is 1.64. The van der Waals surface area contributed by atoms with Crippen LogP contribution in [0.3, 0.4) is 0 Å². The molecule has 3 rings (SSSR count). The molecule has 1 aromatic carbocycles. The zero-order valence-corrected chi connectivity index (χ0v) is 13.6. The fraction of sp³-hybridized carbons (Fsp3) is 0.588. The maximum atomic E-state index is 12.2. The Hall–Kier alpha value is -0.880. The van der Waals surface area contributed by atoms with Gasteiger partial charge < -0.3 is 14.6 Å². The van der Waals surface area contributed by atoms with Crippen molar-refractivity contribution in [3.05, 3.63) is 29.8 Å². The molecular weight excluding hydrogens is 300 g/mol. The van der Waals surface area contributed by atoms with E-state index < -0.39 is 6.10 Å². The number of aryl methyl sites for hydroxylation is 1. The smallest absolute Gasteiger partial charge is 0.196 e. The zero-order valence-electron chi connectivity index (χ0n) is 12.7. The second kappa shape index (κ2) is 7.13. The van der Waals surface area contributed by atoms with Crippen molar-refractivity contribution < 1.29 is 19.4 Å². The van der Waals surface area contributed by atoms with Gasteiger partial charge in [0.25, 0.3) is 0 Å². The molecule has 0 bridgehead atoms. The molecule has 22 heavy (non-hydrogen) atoms. The van der Waals surface area contributed by atoms with Gasteiger partial charge in [0.2, 0.25) is 0 Å². The summed E-state index contributed by atoms with van der Waals surface area (Å²) in [6, 6.07) is 7.92. The number of fused-ring (bicyclic) bond motifs is 1. The quantitative estimate of drug-likeness (QED) is 0.867. The van der Waals surface area contributed by atoms with Crippen LogP contribution in [0.2, 0.25) is 0 Å². The zero-order chi connectivity index (χ0) is 15.5. The first-order valence-electron chi connectivity index (χ1n) is 7.84. The Labute approximate surface area is 135 Å². The normalized spacial score (nSPS) is 31.5. The van der Waals surface area contributed by atoms with E-state index in [9.17, 15) is 9.90 Å². The highest BCUT2D eigenvalue weighted by Crippen LogP contribution is 2.32. The summed E-state index contributed by atoms with van der Waals surface area (Å²) in [5, 5.41) is 10.3. The minimum atomic E-state index is -0.527. The molecule has 4 atom stereocenters. The van der Waals surface area contributed by atoms with Gasteiger partial charge in [-0.2, -0.15) is 0 Å². The highest BCUT2D eigenvalue weighted by Gasteiger charge is 2.40. The molecule has 0 unspecified atom stereocenters. The Morgan fingerprint density at radius 3 is 2.91 bits per heavy atom. The van der Waals surface area contributed by atoms with Crippen molar-refractivity contribution in [3.63, 3.8) is 0 Å². The highest BCUT2D eigenvalue weighted by atomic mass is 32.2. The maximum Gasteiger partial charge on any atom is 0.196 e. The predicted molar refractivity (Wildman–Crippen MR) is 84.9 cm³/mol. The minimum absolute atomic E-state index is 0.0697. The lowest BCUT2D eigenvalue weighted by Gasteiger charge is -2.42. The molecule has 0 spiro atoms. The Morgan fingerprint density at radius 1 is 1.36 bits per heavy atom. The summed E-state index contributed by atoms with van der Waals surface area (Å²) < 4.78 is 11.6. The molecule has 1 aromatic rings. The topological polar surface area (TPSA) is 55.8 Å². The van der Waals surface area contributed by atoms with E-state index in [-0.39, 0.29) is 23.4 Å². The van der Waals surface area contributed by atoms with Crippen LogP contribution in [0.4, 0.5) is 0 Å². The van der Waals surface area contributed by atoms with E-state index in [1.54, 1.807) is 0 Å². The first kappa shape index (κ1) is 16.0. The maximum absolute atomic E-state index is 12.2. The number of hydrogen-bond acceptors (Lipinski definition) is 5. The molecule has 0 aliphatic carbocycles. The SMILES string of the molecule is Cc1ccc(SC(=O)C[C@H]2C[C@H](O)[C@@H]3OCCC[C@H]3O2)cc1. The lowest BCUT2D eigenvalue weighted by atomic mass is 9.92. The first-order chi connectivity index (χ1) is 10.6. The Bertz CT molecular complexity index is 516. The van der Waals surface area contributed by atoms with Gasteiger partial charge >= 0.3 is 0 Å². The second-order valence-electron chi connectivity index (χ2n) is 6.07. The number of ether oxygens (including phenoxy) is 2. The Kier molecular flexibility index (Phi) is 5.18. The third kappa shape index (κ3) is 3.90. The molecule has 120 valence electrons. The molecule has 1 N–H and O–H groups in total. The van der Waals surface area contributed by atoms with E-state index in [1.165, 1.54) is 17.3 Å². The van der Waals surface area contributed by atoms with Gasteiger partial charge in [-0.25, -0.2) is 0 Å². The fourth-order valence-corrected chi connectivity index (χ4v) is 3.89. The van der Waals surface area contributed by atoms with Crippen molar-refractivity contribution in [2.24, 2.45) is 0 Å². The molecule has 2 aliphatic rings. The standard InChI is InChI=1S/C17H22O4S/c1-11-4-6-13(7-5-11)22-16(19)10-12-9-14(18)17-15(21-12)3-2-8-20-17/h4-7,12,14-15,17-18H,2-3,8-10H2,1H3/t12-,14+,15-,17+/m1/s1. The van der Waals surface area contributed by atoms with Gasteiger partial charge in [-0.1, -0.05) is 29.5 Å². The van der Waals surface area contributed by atoms with Crippen LogP contribution < -0.4 is 0 Å². The first-order valence-corrected chi connectivity index (χ1v) is 8.66. The minimum Gasteiger partial charge on any atom is -0.390 e. The van der Waals surface area contributed by atoms with Crippen molar-refractivity contribution in [1.82, 2.24) is 0 Å². The molecule has 5 heteroatoms. The van der Waals surface area contributed by atoms with Crippen LogP contribution in [0.1, 0.15) is 31.2 Å². The van der Waals surface area contributed by atoms with Gasteiger partial charge in [0.05, 0.1) is 18.3 Å². The van der Waals surface area contributed by atoms with Crippen molar-refractivity contribution in [1.29, 1.82) is 0 Å². The summed E-state index contributed by atoms with van der Waals surface area (Å²) in [5.41, 5.74) is 1.18. The molecule has 0 radical (unpaired) electrons. The van der Waals surface area contributed by atoms with E-state index >= 15 is 0 Å². The molecule has 2 aliphatic heterocycles. The lowest BCUT2D eigenvalue weighted by molar-refractivity contribution is -0.207. The number of rotatable bonds is 3. The second-order valence-corrected chi connectivity index (χ2v) is 7.20. The van der Waals surface area contributed by atoms with Crippen molar-refractivity contribution in [3.8, 4) is 0 Å². The van der Waals surface area contributed by atoms with Gasteiger partial charge in [-0.3, -0.25) is 4.79 Å². The van der Waals surface area contributed by atoms with Crippen LogP contribution in [-0.4, -0.2) is 41.2 Å². The van der Waals surface area contributed by atoms with Crippen LogP contribution in [0.25, 0.3) is 0 Å². The number of benzene rings is 1. The number of carbonyl (C=O) groups excluding carboxylic acids is 1. The number of aliphatic hydroxyl groups excluding tert-OH is 1. The molecule has 2 fully saturated rings. The van der Waals surface area contributed by atoms with Crippen molar-refractivity contribution in [2.75, 3.05) is 6.61 Å². The molecular formula is C17H22O4S. The Balaban J connectivity index is 1.54. The van der Waals surface area contributed by atoms with Gasteiger partial charge in [0.15, 0.2) is 5.12 Å². The van der Waals surface area contributed by atoms with Crippen LogP contribution in [-0.2, 0) is 14.3 Å². The molecule has 0 amide bonds. The lowest BCUT2D eigenvalue weighted by Crippen LogP contribution is -2.52.